The molecule has 1 aliphatic rings. The van der Waals surface area contributed by atoms with Gasteiger partial charge in [-0.1, -0.05) is 31.8 Å². The number of nitrogens with one attached hydrogen (secondary N) is 3. The smallest absolute Gasteiger partial charge is 0.238 e. The number of thiophene rings is 1. The van der Waals surface area contributed by atoms with Gasteiger partial charge in [-0.2, -0.15) is 16.3 Å². The molecule has 3 rings (SSSR count). The van der Waals surface area contributed by atoms with Gasteiger partial charge in [0.25, 0.3) is 0 Å². The number of aryl methyl sites for hydroxylation is 1. The molecule has 0 spiro atoms. The zero-order valence-electron chi connectivity index (χ0n) is 15.5. The fraction of sp³-hybridized carbons (Fsp3) is 0.556. The maximum absolute atomic E-state index is 12.0. The van der Waals surface area contributed by atoms with Crippen molar-refractivity contribution in [3.63, 3.8) is 0 Å². The predicted molar refractivity (Wildman–Crippen MR) is 109 cm³/mol. The Kier molecular flexibility index (Phi) is 6.78. The van der Waals surface area contributed by atoms with Crippen molar-refractivity contribution in [1.82, 2.24) is 26.3 Å². The summed E-state index contributed by atoms with van der Waals surface area (Å²) in [7, 11) is 0. The van der Waals surface area contributed by atoms with Gasteiger partial charge in [-0.05, 0) is 41.9 Å². The molecule has 2 heterocycles. The molecule has 3 N–H and O–H groups in total. The second kappa shape index (κ2) is 9.27. The van der Waals surface area contributed by atoms with Crippen LogP contribution in [0.4, 0.5) is 0 Å². The first kappa shape index (κ1) is 19.8. The van der Waals surface area contributed by atoms with Gasteiger partial charge in [0, 0.05) is 29.8 Å². The van der Waals surface area contributed by atoms with Crippen LogP contribution in [-0.2, 0) is 11.2 Å². The van der Waals surface area contributed by atoms with E-state index in [1.165, 1.54) is 12.8 Å². The van der Waals surface area contributed by atoms with Crippen molar-refractivity contribution < 1.29 is 9.32 Å². The van der Waals surface area contributed by atoms with Crippen LogP contribution >= 0.6 is 23.6 Å². The van der Waals surface area contributed by atoms with Gasteiger partial charge in [-0.3, -0.25) is 15.6 Å². The molecule has 146 valence electrons. The molecule has 0 radical (unpaired) electrons. The topological polar surface area (TPSA) is 92.1 Å². The number of rotatable bonds is 5. The van der Waals surface area contributed by atoms with E-state index in [-0.39, 0.29) is 12.3 Å². The minimum absolute atomic E-state index is 0.181. The zero-order chi connectivity index (χ0) is 19.2. The zero-order valence-corrected chi connectivity index (χ0v) is 17.2. The van der Waals surface area contributed by atoms with E-state index in [1.54, 1.807) is 11.3 Å². The Hall–Kier alpha value is -2.00. The van der Waals surface area contributed by atoms with Crippen molar-refractivity contribution in [2.24, 2.45) is 11.8 Å². The molecule has 0 bridgehead atoms. The molecule has 2 aromatic heterocycles. The molecule has 1 fully saturated rings. The lowest BCUT2D eigenvalue weighted by Gasteiger charge is -2.35. The van der Waals surface area contributed by atoms with Crippen LogP contribution in [0.1, 0.15) is 45.4 Å². The summed E-state index contributed by atoms with van der Waals surface area (Å²) in [5.41, 5.74) is 6.33. The van der Waals surface area contributed by atoms with Gasteiger partial charge in [0.15, 0.2) is 5.11 Å². The Morgan fingerprint density at radius 1 is 1.37 bits per heavy atom. The van der Waals surface area contributed by atoms with Crippen molar-refractivity contribution in [3.8, 4) is 11.4 Å². The highest BCUT2D eigenvalue weighted by atomic mass is 32.1. The highest BCUT2D eigenvalue weighted by molar-refractivity contribution is 7.80. The minimum Gasteiger partial charge on any atom is -0.358 e. The van der Waals surface area contributed by atoms with E-state index in [4.69, 9.17) is 16.7 Å². The average molecular weight is 408 g/mol. The summed E-state index contributed by atoms with van der Waals surface area (Å²) in [6.07, 6.45) is 4.18. The third-order valence-corrected chi connectivity index (χ3v) is 6.06. The first-order valence-corrected chi connectivity index (χ1v) is 10.6. The standard InChI is InChI=1S/C18H25N5O2S2/c1-11-4-3-5-14(12(11)2)19-18(26)22-21-15(24)6-7-16-20-17(23-25-16)13-8-9-27-10-13/h8-12,14H,3-7H2,1-2H3,(H,21,24)(H2,19,22,26)/t11-,12+,14-/m0/s1. The number of hydrazine groups is 1. The molecule has 9 heteroatoms. The summed E-state index contributed by atoms with van der Waals surface area (Å²) in [5, 5.41) is 11.6. The van der Waals surface area contributed by atoms with Crippen LogP contribution in [0.3, 0.4) is 0 Å². The van der Waals surface area contributed by atoms with Crippen molar-refractivity contribution in [3.05, 3.63) is 22.7 Å². The Bertz CT molecular complexity index is 762. The molecule has 27 heavy (non-hydrogen) atoms. The summed E-state index contributed by atoms with van der Waals surface area (Å²) in [6.45, 7) is 4.52. The van der Waals surface area contributed by atoms with Gasteiger partial charge >= 0.3 is 0 Å². The number of amides is 1. The Balaban J connectivity index is 1.37. The molecule has 7 nitrogen and oxygen atoms in total. The highest BCUT2D eigenvalue weighted by Crippen LogP contribution is 2.29. The van der Waals surface area contributed by atoms with E-state index in [9.17, 15) is 4.79 Å². The monoisotopic (exact) mass is 407 g/mol. The van der Waals surface area contributed by atoms with Gasteiger partial charge in [-0.25, -0.2) is 0 Å². The van der Waals surface area contributed by atoms with E-state index >= 15 is 0 Å². The van der Waals surface area contributed by atoms with Crippen molar-refractivity contribution in [2.45, 2.75) is 52.0 Å². The van der Waals surface area contributed by atoms with E-state index in [0.717, 1.165) is 12.0 Å². The van der Waals surface area contributed by atoms with Crippen LogP contribution < -0.4 is 16.2 Å². The summed E-state index contributed by atoms with van der Waals surface area (Å²) >= 11 is 6.87. The molecule has 2 aromatic rings. The van der Waals surface area contributed by atoms with Crippen molar-refractivity contribution >= 4 is 34.6 Å². The first-order valence-electron chi connectivity index (χ1n) is 9.23. The normalized spacial score (nSPS) is 22.2. The highest BCUT2D eigenvalue weighted by Gasteiger charge is 2.27. The lowest BCUT2D eigenvalue weighted by Crippen LogP contribution is -2.52. The summed E-state index contributed by atoms with van der Waals surface area (Å²) < 4.78 is 5.19. The van der Waals surface area contributed by atoms with Crippen LogP contribution in [0.15, 0.2) is 21.3 Å². The van der Waals surface area contributed by atoms with Crippen molar-refractivity contribution in [1.29, 1.82) is 0 Å². The second-order valence-corrected chi connectivity index (χ2v) is 8.23. The second-order valence-electron chi connectivity index (χ2n) is 7.04. The third kappa shape index (κ3) is 5.49. The van der Waals surface area contributed by atoms with E-state index in [0.29, 0.717) is 41.1 Å². The fourth-order valence-electron chi connectivity index (χ4n) is 3.26. The number of carbonyl (C=O) groups is 1. The number of aromatic nitrogens is 2. The Morgan fingerprint density at radius 2 is 2.22 bits per heavy atom. The van der Waals surface area contributed by atoms with E-state index in [2.05, 4.69) is 40.2 Å². The Labute approximate surface area is 168 Å². The molecule has 1 amide bonds. The van der Waals surface area contributed by atoms with Crippen LogP contribution in [-0.4, -0.2) is 27.2 Å². The van der Waals surface area contributed by atoms with Crippen LogP contribution in [0.5, 0.6) is 0 Å². The molecule has 0 aromatic carbocycles. The summed E-state index contributed by atoms with van der Waals surface area (Å²) in [4.78, 5) is 16.3. The maximum atomic E-state index is 12.0. The summed E-state index contributed by atoms with van der Waals surface area (Å²) in [6, 6.07) is 2.28. The molecule has 1 aliphatic carbocycles. The lowest BCUT2D eigenvalue weighted by atomic mass is 9.78. The number of thiocarbonyl (C=S) groups is 1. The van der Waals surface area contributed by atoms with Gasteiger partial charge in [0.1, 0.15) is 0 Å². The molecule has 0 saturated heterocycles. The molecular weight excluding hydrogens is 382 g/mol. The van der Waals surface area contributed by atoms with Gasteiger partial charge < -0.3 is 9.84 Å². The van der Waals surface area contributed by atoms with E-state index < -0.39 is 0 Å². The molecule has 3 atom stereocenters. The average Bonchev–Trinajstić information content (AvgIpc) is 3.33. The maximum Gasteiger partial charge on any atom is 0.238 e. The fourth-order valence-corrected chi connectivity index (χ4v) is 4.10. The van der Waals surface area contributed by atoms with Crippen LogP contribution in [0.25, 0.3) is 11.4 Å². The van der Waals surface area contributed by atoms with Crippen LogP contribution in [0, 0.1) is 11.8 Å². The minimum atomic E-state index is -0.181. The molecule has 0 aliphatic heterocycles. The Morgan fingerprint density at radius 3 is 3.00 bits per heavy atom. The molecular formula is C18H25N5O2S2. The van der Waals surface area contributed by atoms with Crippen LogP contribution in [0.2, 0.25) is 0 Å². The lowest BCUT2D eigenvalue weighted by molar-refractivity contribution is -0.121. The predicted octanol–water partition coefficient (Wildman–Crippen LogP) is 3.05. The summed E-state index contributed by atoms with van der Waals surface area (Å²) in [5.74, 6) is 2.05. The van der Waals surface area contributed by atoms with Gasteiger partial charge in [0.2, 0.25) is 17.6 Å². The van der Waals surface area contributed by atoms with Gasteiger partial charge in [-0.15, -0.1) is 0 Å². The molecule has 1 saturated carbocycles. The first-order chi connectivity index (χ1) is 13.0. The number of hydrogen-bond donors (Lipinski definition) is 3. The number of carbonyl (C=O) groups excluding carboxylic acids is 1. The quantitative estimate of drug-likeness (QED) is 0.518. The SMILES string of the molecule is C[C@H]1[C@@H](NC(=S)NNC(=O)CCc2nc(-c3ccsc3)no2)CCC[C@@H]1C. The van der Waals surface area contributed by atoms with Gasteiger partial charge in [0.05, 0.1) is 0 Å². The third-order valence-electron chi connectivity index (χ3n) is 5.15. The van der Waals surface area contributed by atoms with Crippen molar-refractivity contribution in [2.75, 3.05) is 0 Å². The largest absolute Gasteiger partial charge is 0.358 e. The molecule has 0 unspecified atom stereocenters. The number of nitrogens with zero attached hydrogens (tertiary/aromatic N) is 2. The number of hydrogen-bond acceptors (Lipinski definition) is 6. The van der Waals surface area contributed by atoms with E-state index in [1.807, 2.05) is 16.8 Å².